The van der Waals surface area contributed by atoms with Gasteiger partial charge < -0.3 is 29.5 Å². The Morgan fingerprint density at radius 1 is 0.558 bits per heavy atom. The fourth-order valence-electron chi connectivity index (χ4n) is 4.42. The minimum atomic E-state index is -3.68. The number of carboxylic acids is 2. The van der Waals surface area contributed by atoms with Crippen LogP contribution in [0.25, 0.3) is 0 Å². The largest absolute Gasteiger partial charge is 0.486 e. The Kier molecular flexibility index (Phi) is 17.4. The van der Waals surface area contributed by atoms with Gasteiger partial charge in [-0.2, -0.15) is 0 Å². The van der Waals surface area contributed by atoms with Crippen LogP contribution in [0.3, 0.4) is 0 Å². The van der Waals surface area contributed by atoms with Crippen molar-refractivity contribution in [2.45, 2.75) is 34.8 Å². The maximum absolute atomic E-state index is 11.3. The lowest BCUT2D eigenvalue weighted by molar-refractivity contribution is -0.159. The van der Waals surface area contributed by atoms with Crippen LogP contribution in [0.15, 0.2) is 119 Å². The van der Waals surface area contributed by atoms with Crippen molar-refractivity contribution in [1.29, 1.82) is 0 Å². The lowest BCUT2D eigenvalue weighted by Crippen LogP contribution is -2.18. The Morgan fingerprint density at radius 2 is 0.846 bits per heavy atom. The molecule has 0 aliphatic heterocycles. The second kappa shape index (κ2) is 20.9. The van der Waals surface area contributed by atoms with Gasteiger partial charge in [0.2, 0.25) is 20.0 Å². The molecule has 0 amide bonds. The van der Waals surface area contributed by atoms with Crippen LogP contribution in [0.2, 0.25) is 0 Å². The average Bonchev–Trinajstić information content (AvgIpc) is 3.09. The number of carboxylic acid groups (broad SMARTS) is 2. The average molecular weight is 759 g/mol. The van der Waals surface area contributed by atoms with E-state index in [9.17, 15) is 16.8 Å². The first kappa shape index (κ1) is 43.3. The first-order valence-electron chi connectivity index (χ1n) is 15.8. The molecule has 0 saturated carbocycles. The molecule has 14 nitrogen and oxygen atoms in total. The Hall–Kier alpha value is -4.84. The molecule has 4 aromatic carbocycles. The van der Waals surface area contributed by atoms with Crippen LogP contribution < -0.4 is 19.8 Å². The molecule has 52 heavy (non-hydrogen) atoms. The number of nitrogens with zero attached hydrogens (tertiary/aromatic N) is 2. The molecule has 2 unspecified atom stereocenters. The van der Waals surface area contributed by atoms with Crippen LogP contribution >= 0.6 is 0 Å². The lowest BCUT2D eigenvalue weighted by Gasteiger charge is -2.21. The highest BCUT2D eigenvalue weighted by atomic mass is 32.2. The molecule has 0 spiro atoms. The summed E-state index contributed by atoms with van der Waals surface area (Å²) < 4.78 is 57.3. The van der Waals surface area contributed by atoms with Crippen molar-refractivity contribution in [3.8, 4) is 11.5 Å². The molecule has 4 rings (SSSR count). The summed E-state index contributed by atoms with van der Waals surface area (Å²) in [5.41, 5.74) is 2.18. The van der Waals surface area contributed by atoms with E-state index in [1.165, 1.54) is 24.3 Å². The molecular weight excluding hydrogens is 713 g/mol. The van der Waals surface area contributed by atoms with Crippen molar-refractivity contribution in [3.05, 3.63) is 120 Å². The van der Waals surface area contributed by atoms with Gasteiger partial charge in [-0.25, -0.2) is 36.7 Å². The van der Waals surface area contributed by atoms with E-state index in [4.69, 9.17) is 39.6 Å². The molecule has 0 bridgehead atoms. The Balaban J connectivity index is 0.000000312. The van der Waals surface area contributed by atoms with Gasteiger partial charge in [-0.1, -0.05) is 60.7 Å². The number of ether oxygens (including phenoxy) is 2. The third-order valence-corrected chi connectivity index (χ3v) is 8.92. The molecular formula is C36H46N4O10S2. The molecule has 0 radical (unpaired) electrons. The van der Waals surface area contributed by atoms with Gasteiger partial charge >= 0.3 is 11.9 Å². The SMILES string of the molecule is CN(C)CCC(Oc1ccc(S(N)(=O)=O)cc1)c1ccccc1.CN(C)CCC(Oc1ccc(S(N)(=O)=O)cc1)c1ccccc1.O=C(O)C(=O)O. The molecule has 4 aromatic rings. The van der Waals surface area contributed by atoms with Crippen molar-refractivity contribution >= 4 is 32.0 Å². The molecule has 2 atom stereocenters. The maximum Gasteiger partial charge on any atom is 0.414 e. The highest BCUT2D eigenvalue weighted by molar-refractivity contribution is 7.89. The standard InChI is InChI=1S/2C17H22N2O3S.C2H2O4/c2*1-19(2)13-12-17(14-6-4-3-5-7-14)22-15-8-10-16(11-9-15)23(18,20)21;3-1(4)2(5)6/h2*3-11,17H,12-13H2,1-2H3,(H2,18,20,21);(H,3,4)(H,5,6). The van der Waals surface area contributed by atoms with E-state index < -0.39 is 32.0 Å². The molecule has 0 fully saturated rings. The topological polar surface area (TPSA) is 220 Å². The van der Waals surface area contributed by atoms with Gasteiger partial charge in [0, 0.05) is 25.9 Å². The number of carbonyl (C=O) groups is 2. The van der Waals surface area contributed by atoms with E-state index in [1.54, 1.807) is 24.3 Å². The van der Waals surface area contributed by atoms with Gasteiger partial charge in [-0.3, -0.25) is 0 Å². The van der Waals surface area contributed by atoms with Crippen LogP contribution in [0.5, 0.6) is 11.5 Å². The summed E-state index contributed by atoms with van der Waals surface area (Å²) in [5, 5.41) is 25.0. The quantitative estimate of drug-likeness (QED) is 0.134. The third kappa shape index (κ3) is 16.5. The number of primary sulfonamides is 2. The van der Waals surface area contributed by atoms with Crippen LogP contribution in [0.4, 0.5) is 0 Å². The molecule has 6 N–H and O–H groups in total. The first-order chi connectivity index (χ1) is 24.4. The number of benzene rings is 4. The Bertz CT molecular complexity index is 1750. The van der Waals surface area contributed by atoms with Gasteiger partial charge in [0.15, 0.2) is 0 Å². The molecule has 282 valence electrons. The predicted octanol–water partition coefficient (Wildman–Crippen LogP) is 3.97. The number of sulfonamides is 2. The van der Waals surface area contributed by atoms with Gasteiger partial charge in [-0.05, 0) is 87.8 Å². The predicted molar refractivity (Wildman–Crippen MR) is 197 cm³/mol. The lowest BCUT2D eigenvalue weighted by atomic mass is 10.1. The van der Waals surface area contributed by atoms with Crippen LogP contribution in [-0.4, -0.2) is 90.1 Å². The van der Waals surface area contributed by atoms with E-state index in [0.29, 0.717) is 11.5 Å². The fourth-order valence-corrected chi connectivity index (χ4v) is 5.45. The zero-order chi connectivity index (χ0) is 38.9. The highest BCUT2D eigenvalue weighted by Gasteiger charge is 2.16. The van der Waals surface area contributed by atoms with E-state index in [0.717, 1.165) is 37.1 Å². The van der Waals surface area contributed by atoms with Gasteiger partial charge in [0.1, 0.15) is 23.7 Å². The first-order valence-corrected chi connectivity index (χ1v) is 18.9. The van der Waals surface area contributed by atoms with E-state index in [1.807, 2.05) is 88.9 Å². The normalized spacial score (nSPS) is 12.4. The van der Waals surface area contributed by atoms with Crippen LogP contribution in [-0.2, 0) is 29.6 Å². The second-order valence-electron chi connectivity index (χ2n) is 11.9. The summed E-state index contributed by atoms with van der Waals surface area (Å²) in [6, 6.07) is 32.3. The van der Waals surface area contributed by atoms with Crippen molar-refractivity contribution < 1.29 is 46.1 Å². The van der Waals surface area contributed by atoms with Crippen molar-refractivity contribution in [3.63, 3.8) is 0 Å². The molecule has 16 heteroatoms. The van der Waals surface area contributed by atoms with Crippen molar-refractivity contribution in [1.82, 2.24) is 9.80 Å². The molecule has 0 aliphatic carbocycles. The van der Waals surface area contributed by atoms with Crippen LogP contribution in [0.1, 0.15) is 36.2 Å². The van der Waals surface area contributed by atoms with Gasteiger partial charge in [0.05, 0.1) is 9.79 Å². The summed E-state index contributed by atoms with van der Waals surface area (Å²) in [4.78, 5) is 22.6. The fraction of sp³-hybridized carbons (Fsp3) is 0.278. The summed E-state index contributed by atoms with van der Waals surface area (Å²) >= 11 is 0. The zero-order valence-electron chi connectivity index (χ0n) is 29.4. The smallest absolute Gasteiger partial charge is 0.414 e. The van der Waals surface area contributed by atoms with Crippen molar-refractivity contribution in [2.24, 2.45) is 10.3 Å². The monoisotopic (exact) mass is 758 g/mol. The zero-order valence-corrected chi connectivity index (χ0v) is 31.0. The molecule has 0 saturated heterocycles. The summed E-state index contributed by atoms with van der Waals surface area (Å²) in [5.74, 6) is -2.42. The number of rotatable bonds is 14. The minimum Gasteiger partial charge on any atom is -0.486 e. The summed E-state index contributed by atoms with van der Waals surface area (Å²) in [6.45, 7) is 1.77. The van der Waals surface area contributed by atoms with Gasteiger partial charge in [0.25, 0.3) is 0 Å². The number of hydrogen-bond acceptors (Lipinski definition) is 10. The number of aliphatic carboxylic acids is 2. The molecule has 0 aliphatic rings. The third-order valence-electron chi connectivity index (χ3n) is 7.06. The van der Waals surface area contributed by atoms with E-state index >= 15 is 0 Å². The number of nitrogens with two attached hydrogens (primary N) is 2. The van der Waals surface area contributed by atoms with E-state index in [2.05, 4.69) is 9.80 Å². The summed E-state index contributed by atoms with van der Waals surface area (Å²) in [6.07, 6.45) is 1.46. The Labute approximate surface area is 305 Å². The molecule has 0 heterocycles. The number of hydrogen-bond donors (Lipinski definition) is 4. The van der Waals surface area contributed by atoms with E-state index in [-0.39, 0.29) is 22.0 Å². The second-order valence-corrected chi connectivity index (χ2v) is 15.0. The minimum absolute atomic E-state index is 0.0782. The van der Waals surface area contributed by atoms with Gasteiger partial charge in [-0.15, -0.1) is 0 Å². The van der Waals surface area contributed by atoms with Crippen LogP contribution in [0, 0.1) is 0 Å². The maximum atomic E-state index is 11.3. The Morgan fingerprint density at radius 3 is 1.08 bits per heavy atom. The summed E-state index contributed by atoms with van der Waals surface area (Å²) in [7, 11) is 0.699. The van der Waals surface area contributed by atoms with Crippen molar-refractivity contribution in [2.75, 3.05) is 41.3 Å². The highest BCUT2D eigenvalue weighted by Crippen LogP contribution is 2.27. The molecule has 0 aromatic heterocycles.